The third kappa shape index (κ3) is 3.64. The Morgan fingerprint density at radius 2 is 2.17 bits per heavy atom. The molecule has 0 bridgehead atoms. The van der Waals surface area contributed by atoms with Crippen molar-refractivity contribution < 1.29 is 13.9 Å². The Bertz CT molecular complexity index is 723. The van der Waals surface area contributed by atoms with Crippen LogP contribution in [0, 0.1) is 18.7 Å². The molecule has 2 heterocycles. The highest BCUT2D eigenvalue weighted by Gasteiger charge is 2.23. The first-order valence-electron chi connectivity index (χ1n) is 8.24. The van der Waals surface area contributed by atoms with Gasteiger partial charge < -0.3 is 10.1 Å². The van der Waals surface area contributed by atoms with E-state index in [4.69, 9.17) is 4.74 Å². The Morgan fingerprint density at radius 1 is 1.42 bits per heavy atom. The van der Waals surface area contributed by atoms with Crippen LogP contribution >= 0.6 is 0 Å². The molecule has 1 aliphatic rings. The van der Waals surface area contributed by atoms with Crippen molar-refractivity contribution >= 4 is 5.91 Å². The second-order valence-electron chi connectivity index (χ2n) is 6.29. The fourth-order valence-corrected chi connectivity index (χ4v) is 2.90. The second kappa shape index (κ2) is 7.13. The summed E-state index contributed by atoms with van der Waals surface area (Å²) in [5.74, 6) is -0.363. The van der Waals surface area contributed by atoms with E-state index in [1.54, 1.807) is 18.5 Å². The van der Waals surface area contributed by atoms with E-state index in [1.807, 2.05) is 19.9 Å². The zero-order valence-electron chi connectivity index (χ0n) is 14.0. The lowest BCUT2D eigenvalue weighted by Gasteiger charge is -2.23. The van der Waals surface area contributed by atoms with Crippen LogP contribution in [0.3, 0.4) is 0 Å². The van der Waals surface area contributed by atoms with Gasteiger partial charge in [-0.05, 0) is 49.9 Å². The predicted molar refractivity (Wildman–Crippen MR) is 88.4 cm³/mol. The molecular weight excluding hydrogens is 309 g/mol. The van der Waals surface area contributed by atoms with Crippen molar-refractivity contribution in [2.45, 2.75) is 32.7 Å². The monoisotopic (exact) mass is 331 g/mol. The fourth-order valence-electron chi connectivity index (χ4n) is 2.90. The number of carbonyl (C=O) groups excluding carboxylic acids is 1. The number of ether oxygens (including phenoxy) is 1. The van der Waals surface area contributed by atoms with Crippen molar-refractivity contribution in [2.75, 3.05) is 13.2 Å². The van der Waals surface area contributed by atoms with Crippen molar-refractivity contribution in [3.63, 3.8) is 0 Å². The molecule has 0 spiro atoms. The molecule has 3 rings (SSSR count). The summed E-state index contributed by atoms with van der Waals surface area (Å²) < 4.78 is 21.2. The predicted octanol–water partition coefficient (Wildman–Crippen LogP) is 2.92. The number of aromatic nitrogens is 2. The van der Waals surface area contributed by atoms with Gasteiger partial charge in [-0.1, -0.05) is 6.07 Å². The van der Waals surface area contributed by atoms with Gasteiger partial charge in [-0.15, -0.1) is 0 Å². The molecule has 1 N–H and O–H groups in total. The maximum atomic E-state index is 14.4. The molecule has 24 heavy (non-hydrogen) atoms. The molecule has 0 radical (unpaired) electrons. The Morgan fingerprint density at radius 3 is 2.79 bits per heavy atom. The number of nitrogens with zero attached hydrogens (tertiary/aromatic N) is 2. The number of aryl methyl sites for hydroxylation is 1. The number of carbonyl (C=O) groups is 1. The molecule has 0 saturated carbocycles. The largest absolute Gasteiger partial charge is 0.381 e. The van der Waals surface area contributed by atoms with E-state index in [-0.39, 0.29) is 23.7 Å². The minimum Gasteiger partial charge on any atom is -0.381 e. The third-order valence-corrected chi connectivity index (χ3v) is 4.38. The lowest BCUT2D eigenvalue weighted by molar-refractivity contribution is -0.128. The van der Waals surface area contributed by atoms with Crippen LogP contribution in [0.15, 0.2) is 30.6 Å². The zero-order chi connectivity index (χ0) is 17.1. The minimum atomic E-state index is -0.359. The van der Waals surface area contributed by atoms with Crippen molar-refractivity contribution in [2.24, 2.45) is 5.92 Å². The van der Waals surface area contributed by atoms with E-state index in [0.717, 1.165) is 24.0 Å². The topological polar surface area (TPSA) is 56.2 Å². The lowest BCUT2D eigenvalue weighted by Crippen LogP contribution is -2.35. The van der Waals surface area contributed by atoms with Crippen LogP contribution in [0.4, 0.5) is 4.39 Å². The molecule has 0 aliphatic carbocycles. The van der Waals surface area contributed by atoms with Gasteiger partial charge in [0, 0.05) is 25.3 Å². The molecule has 2 aromatic rings. The van der Waals surface area contributed by atoms with Crippen LogP contribution in [-0.4, -0.2) is 28.9 Å². The molecule has 1 aromatic heterocycles. The van der Waals surface area contributed by atoms with E-state index in [9.17, 15) is 9.18 Å². The van der Waals surface area contributed by atoms with E-state index in [2.05, 4.69) is 10.4 Å². The standard InChI is InChI=1S/C18H22FN3O2/c1-12-10-20-22(11-12)17-4-3-15(9-16(17)19)13(2)21-18(23)14-5-7-24-8-6-14/h3-4,9-11,13-14H,5-8H2,1-2H3,(H,21,23). The summed E-state index contributed by atoms with van der Waals surface area (Å²) in [6.45, 7) is 5.02. The number of hydrogen-bond acceptors (Lipinski definition) is 3. The van der Waals surface area contributed by atoms with Gasteiger partial charge >= 0.3 is 0 Å². The van der Waals surface area contributed by atoms with Gasteiger partial charge in [0.25, 0.3) is 0 Å². The van der Waals surface area contributed by atoms with Crippen LogP contribution in [0.2, 0.25) is 0 Å². The molecule has 1 fully saturated rings. The zero-order valence-corrected chi connectivity index (χ0v) is 14.0. The van der Waals surface area contributed by atoms with Crippen LogP contribution in [0.5, 0.6) is 0 Å². The van der Waals surface area contributed by atoms with Gasteiger partial charge in [-0.25, -0.2) is 9.07 Å². The molecule has 6 heteroatoms. The first-order valence-corrected chi connectivity index (χ1v) is 8.24. The van der Waals surface area contributed by atoms with Crippen molar-refractivity contribution in [1.29, 1.82) is 0 Å². The Balaban J connectivity index is 1.70. The van der Waals surface area contributed by atoms with Crippen molar-refractivity contribution in [1.82, 2.24) is 15.1 Å². The summed E-state index contributed by atoms with van der Waals surface area (Å²) in [6, 6.07) is 4.73. The van der Waals surface area contributed by atoms with E-state index in [1.165, 1.54) is 10.7 Å². The molecule has 5 nitrogen and oxygen atoms in total. The van der Waals surface area contributed by atoms with Crippen LogP contribution in [-0.2, 0) is 9.53 Å². The van der Waals surface area contributed by atoms with Gasteiger partial charge in [-0.3, -0.25) is 4.79 Å². The summed E-state index contributed by atoms with van der Waals surface area (Å²) in [7, 11) is 0. The highest BCUT2D eigenvalue weighted by atomic mass is 19.1. The van der Waals surface area contributed by atoms with Gasteiger partial charge in [0.2, 0.25) is 5.91 Å². The highest BCUT2D eigenvalue weighted by Crippen LogP contribution is 2.21. The average molecular weight is 331 g/mol. The number of nitrogens with one attached hydrogen (secondary N) is 1. The van der Waals surface area contributed by atoms with Crippen LogP contribution < -0.4 is 5.32 Å². The SMILES string of the molecule is Cc1cnn(-c2ccc(C(C)NC(=O)C3CCOCC3)cc2F)c1. The number of halogens is 1. The maximum absolute atomic E-state index is 14.4. The number of hydrogen-bond donors (Lipinski definition) is 1. The molecule has 1 aromatic carbocycles. The molecular formula is C18H22FN3O2. The Kier molecular flexibility index (Phi) is 4.94. The average Bonchev–Trinajstić information content (AvgIpc) is 3.01. The summed E-state index contributed by atoms with van der Waals surface area (Å²) in [6.07, 6.45) is 4.94. The number of amides is 1. The van der Waals surface area contributed by atoms with Crippen LogP contribution in [0.25, 0.3) is 5.69 Å². The number of benzene rings is 1. The second-order valence-corrected chi connectivity index (χ2v) is 6.29. The van der Waals surface area contributed by atoms with Crippen molar-refractivity contribution in [3.05, 3.63) is 47.5 Å². The molecule has 1 saturated heterocycles. The van der Waals surface area contributed by atoms with E-state index in [0.29, 0.717) is 18.9 Å². The van der Waals surface area contributed by atoms with Gasteiger partial charge in [0.05, 0.1) is 12.2 Å². The first-order chi connectivity index (χ1) is 11.5. The van der Waals surface area contributed by atoms with Crippen molar-refractivity contribution in [3.8, 4) is 5.69 Å². The fraction of sp³-hybridized carbons (Fsp3) is 0.444. The van der Waals surface area contributed by atoms with E-state index < -0.39 is 0 Å². The summed E-state index contributed by atoms with van der Waals surface area (Å²) >= 11 is 0. The summed E-state index contributed by atoms with van der Waals surface area (Å²) in [5, 5.41) is 7.10. The first kappa shape index (κ1) is 16.6. The summed E-state index contributed by atoms with van der Waals surface area (Å²) in [5.41, 5.74) is 2.10. The number of rotatable bonds is 4. The third-order valence-electron chi connectivity index (χ3n) is 4.38. The van der Waals surface area contributed by atoms with E-state index >= 15 is 0 Å². The molecule has 1 amide bonds. The van der Waals surface area contributed by atoms with Gasteiger partial charge in [0.1, 0.15) is 11.5 Å². The Labute approximate surface area is 140 Å². The maximum Gasteiger partial charge on any atom is 0.223 e. The minimum absolute atomic E-state index is 0.0120. The quantitative estimate of drug-likeness (QED) is 0.937. The molecule has 1 unspecified atom stereocenters. The molecule has 1 atom stereocenters. The van der Waals surface area contributed by atoms with Crippen LogP contribution in [0.1, 0.15) is 36.9 Å². The highest BCUT2D eigenvalue weighted by molar-refractivity contribution is 5.79. The Hall–Kier alpha value is -2.21. The van der Waals surface area contributed by atoms with Gasteiger partial charge in [-0.2, -0.15) is 5.10 Å². The lowest BCUT2D eigenvalue weighted by atomic mass is 9.98. The normalized spacial score (nSPS) is 16.8. The molecule has 1 aliphatic heterocycles. The molecule has 128 valence electrons. The van der Waals surface area contributed by atoms with Gasteiger partial charge in [0.15, 0.2) is 0 Å². The summed E-state index contributed by atoms with van der Waals surface area (Å²) in [4.78, 5) is 12.3. The smallest absolute Gasteiger partial charge is 0.223 e.